The highest BCUT2D eigenvalue weighted by atomic mass is 16.2. The van der Waals surface area contributed by atoms with E-state index in [0.717, 1.165) is 45.3 Å². The third-order valence-corrected chi connectivity index (χ3v) is 4.09. The van der Waals surface area contributed by atoms with Crippen LogP contribution < -0.4 is 5.32 Å². The molecule has 96 valence electrons. The molecule has 2 aliphatic heterocycles. The van der Waals surface area contributed by atoms with E-state index in [9.17, 15) is 4.79 Å². The van der Waals surface area contributed by atoms with Crippen molar-refractivity contribution in [2.75, 3.05) is 19.6 Å². The van der Waals surface area contributed by atoms with Crippen LogP contribution in [-0.4, -0.2) is 36.5 Å². The van der Waals surface area contributed by atoms with Crippen molar-refractivity contribution in [1.82, 2.24) is 10.2 Å². The molecule has 3 nitrogen and oxygen atoms in total. The van der Waals surface area contributed by atoms with Crippen LogP contribution in [0.15, 0.2) is 24.3 Å². The number of nitrogens with one attached hydrogen (secondary N) is 1. The molecule has 1 saturated heterocycles. The Labute approximate surface area is 108 Å². The van der Waals surface area contributed by atoms with Crippen molar-refractivity contribution in [2.24, 2.45) is 0 Å². The number of fused-ring (bicyclic) bond motifs is 1. The molecule has 2 heterocycles. The molecule has 1 aromatic rings. The molecule has 0 spiro atoms. The molecule has 1 aromatic carbocycles. The number of benzene rings is 1. The second-order valence-corrected chi connectivity index (χ2v) is 5.24. The number of hydrogen-bond donors (Lipinski definition) is 1. The molecular weight excluding hydrogens is 224 g/mol. The van der Waals surface area contributed by atoms with E-state index in [0.29, 0.717) is 5.91 Å². The van der Waals surface area contributed by atoms with Gasteiger partial charge in [-0.2, -0.15) is 0 Å². The zero-order chi connectivity index (χ0) is 12.4. The number of nitrogens with zero attached hydrogens (tertiary/aromatic N) is 1. The lowest BCUT2D eigenvalue weighted by atomic mass is 10.0. The maximum Gasteiger partial charge on any atom is 0.239 e. The van der Waals surface area contributed by atoms with E-state index in [1.807, 2.05) is 4.90 Å². The van der Waals surface area contributed by atoms with Gasteiger partial charge in [0.1, 0.15) is 0 Å². The van der Waals surface area contributed by atoms with E-state index in [1.54, 1.807) is 0 Å². The second kappa shape index (κ2) is 5.11. The van der Waals surface area contributed by atoms with Crippen LogP contribution in [0, 0.1) is 0 Å². The van der Waals surface area contributed by atoms with Gasteiger partial charge >= 0.3 is 0 Å². The van der Waals surface area contributed by atoms with Gasteiger partial charge in [0.2, 0.25) is 5.91 Å². The molecule has 1 fully saturated rings. The SMILES string of the molecule is O=C(C1CCCN1)N1CCc2ccccc2CC1. The van der Waals surface area contributed by atoms with Crippen LogP contribution >= 0.6 is 0 Å². The first-order chi connectivity index (χ1) is 8.84. The molecule has 0 aromatic heterocycles. The zero-order valence-electron chi connectivity index (χ0n) is 10.7. The summed E-state index contributed by atoms with van der Waals surface area (Å²) in [5.41, 5.74) is 2.82. The predicted molar refractivity (Wildman–Crippen MR) is 71.5 cm³/mol. The first-order valence-electron chi connectivity index (χ1n) is 6.93. The summed E-state index contributed by atoms with van der Waals surface area (Å²) in [6.45, 7) is 2.73. The van der Waals surface area contributed by atoms with Crippen LogP contribution in [0.1, 0.15) is 24.0 Å². The summed E-state index contributed by atoms with van der Waals surface area (Å²) in [6, 6.07) is 8.64. The lowest BCUT2D eigenvalue weighted by Crippen LogP contribution is -2.44. The number of rotatable bonds is 1. The molecular formula is C15H20N2O. The highest BCUT2D eigenvalue weighted by molar-refractivity contribution is 5.82. The summed E-state index contributed by atoms with van der Waals surface area (Å²) in [5.74, 6) is 0.306. The minimum atomic E-state index is 0.0752. The Balaban J connectivity index is 1.69. The molecule has 18 heavy (non-hydrogen) atoms. The summed E-state index contributed by atoms with van der Waals surface area (Å²) in [6.07, 6.45) is 4.12. The molecule has 3 heteroatoms. The van der Waals surface area contributed by atoms with Crippen molar-refractivity contribution in [3.63, 3.8) is 0 Å². The van der Waals surface area contributed by atoms with E-state index in [-0.39, 0.29) is 6.04 Å². The molecule has 0 saturated carbocycles. The third kappa shape index (κ3) is 2.27. The highest BCUT2D eigenvalue weighted by Crippen LogP contribution is 2.17. The van der Waals surface area contributed by atoms with E-state index in [4.69, 9.17) is 0 Å². The quantitative estimate of drug-likeness (QED) is 0.809. The topological polar surface area (TPSA) is 32.3 Å². The number of carbonyl (C=O) groups is 1. The molecule has 1 amide bonds. The van der Waals surface area contributed by atoms with Crippen molar-refractivity contribution in [3.05, 3.63) is 35.4 Å². The molecule has 1 atom stereocenters. The van der Waals surface area contributed by atoms with Crippen molar-refractivity contribution >= 4 is 5.91 Å². The van der Waals surface area contributed by atoms with Crippen molar-refractivity contribution in [2.45, 2.75) is 31.7 Å². The normalized spacial score (nSPS) is 23.6. The molecule has 2 aliphatic rings. The van der Waals surface area contributed by atoms with Gasteiger partial charge in [-0.25, -0.2) is 0 Å². The Bertz CT molecular complexity index is 411. The zero-order valence-corrected chi connectivity index (χ0v) is 10.7. The monoisotopic (exact) mass is 244 g/mol. The lowest BCUT2D eigenvalue weighted by Gasteiger charge is -2.23. The Morgan fingerprint density at radius 1 is 1.17 bits per heavy atom. The predicted octanol–water partition coefficient (Wildman–Crippen LogP) is 1.37. The Kier molecular flexibility index (Phi) is 3.33. The Morgan fingerprint density at radius 2 is 1.83 bits per heavy atom. The Hall–Kier alpha value is -1.35. The molecule has 0 radical (unpaired) electrons. The van der Waals surface area contributed by atoms with Crippen LogP contribution in [-0.2, 0) is 17.6 Å². The van der Waals surface area contributed by atoms with Gasteiger partial charge in [0.05, 0.1) is 6.04 Å². The summed E-state index contributed by atoms with van der Waals surface area (Å²) in [7, 11) is 0. The molecule has 1 unspecified atom stereocenters. The van der Waals surface area contributed by atoms with E-state index >= 15 is 0 Å². The van der Waals surface area contributed by atoms with Gasteiger partial charge in [-0.1, -0.05) is 24.3 Å². The van der Waals surface area contributed by atoms with Gasteiger partial charge in [0.25, 0.3) is 0 Å². The number of hydrogen-bond acceptors (Lipinski definition) is 2. The van der Waals surface area contributed by atoms with Crippen LogP contribution in [0.3, 0.4) is 0 Å². The second-order valence-electron chi connectivity index (χ2n) is 5.24. The van der Waals surface area contributed by atoms with E-state index in [1.165, 1.54) is 11.1 Å². The average molecular weight is 244 g/mol. The van der Waals surface area contributed by atoms with E-state index < -0.39 is 0 Å². The van der Waals surface area contributed by atoms with Gasteiger partial charge in [0.15, 0.2) is 0 Å². The van der Waals surface area contributed by atoms with Crippen LogP contribution in [0.2, 0.25) is 0 Å². The Morgan fingerprint density at radius 3 is 2.39 bits per heavy atom. The largest absolute Gasteiger partial charge is 0.341 e. The maximum absolute atomic E-state index is 12.4. The van der Waals surface area contributed by atoms with Gasteiger partial charge in [-0.3, -0.25) is 4.79 Å². The smallest absolute Gasteiger partial charge is 0.239 e. The minimum Gasteiger partial charge on any atom is -0.341 e. The summed E-state index contributed by atoms with van der Waals surface area (Å²) < 4.78 is 0. The number of amides is 1. The fourth-order valence-electron chi connectivity index (χ4n) is 3.00. The van der Waals surface area contributed by atoms with Gasteiger partial charge < -0.3 is 10.2 Å². The third-order valence-electron chi connectivity index (χ3n) is 4.09. The van der Waals surface area contributed by atoms with Crippen LogP contribution in [0.25, 0.3) is 0 Å². The molecule has 3 rings (SSSR count). The minimum absolute atomic E-state index is 0.0752. The highest BCUT2D eigenvalue weighted by Gasteiger charge is 2.27. The van der Waals surface area contributed by atoms with Crippen molar-refractivity contribution in [3.8, 4) is 0 Å². The summed E-state index contributed by atoms with van der Waals surface area (Å²) in [5, 5.41) is 3.30. The summed E-state index contributed by atoms with van der Waals surface area (Å²) in [4.78, 5) is 14.4. The van der Waals surface area contributed by atoms with Gasteiger partial charge in [0, 0.05) is 13.1 Å². The maximum atomic E-state index is 12.4. The van der Waals surface area contributed by atoms with Crippen molar-refractivity contribution in [1.29, 1.82) is 0 Å². The first-order valence-corrected chi connectivity index (χ1v) is 6.93. The average Bonchev–Trinajstić information content (AvgIpc) is 2.85. The fourth-order valence-corrected chi connectivity index (χ4v) is 3.00. The first kappa shape index (κ1) is 11.7. The molecule has 1 N–H and O–H groups in total. The van der Waals surface area contributed by atoms with Gasteiger partial charge in [-0.15, -0.1) is 0 Å². The number of carbonyl (C=O) groups excluding carboxylic acids is 1. The van der Waals surface area contributed by atoms with E-state index in [2.05, 4.69) is 29.6 Å². The molecule has 0 bridgehead atoms. The van der Waals surface area contributed by atoms with Crippen molar-refractivity contribution < 1.29 is 4.79 Å². The van der Waals surface area contributed by atoms with Gasteiger partial charge in [-0.05, 0) is 43.4 Å². The molecule has 0 aliphatic carbocycles. The van der Waals surface area contributed by atoms with Crippen LogP contribution in [0.4, 0.5) is 0 Å². The summed E-state index contributed by atoms with van der Waals surface area (Å²) >= 11 is 0. The van der Waals surface area contributed by atoms with Crippen LogP contribution in [0.5, 0.6) is 0 Å². The fraction of sp³-hybridized carbons (Fsp3) is 0.533. The standard InChI is InChI=1S/C15H20N2O/c18-15(14-6-3-9-16-14)17-10-7-12-4-1-2-5-13(12)8-11-17/h1-2,4-5,14,16H,3,6-11H2. The lowest BCUT2D eigenvalue weighted by molar-refractivity contribution is -0.132.